The van der Waals surface area contributed by atoms with Crippen LogP contribution in [0.25, 0.3) is 0 Å². The van der Waals surface area contributed by atoms with Gasteiger partial charge in [0.15, 0.2) is 0 Å². The predicted octanol–water partition coefficient (Wildman–Crippen LogP) is 4.61. The molecule has 2 aliphatic carbocycles. The highest BCUT2D eigenvalue weighted by Crippen LogP contribution is 2.44. The number of hydrogen-bond donors (Lipinski definition) is 0. The molecule has 2 saturated carbocycles. The number of nitrogens with zero attached hydrogens (tertiary/aromatic N) is 1. The molecule has 0 amide bonds. The number of hydrogen-bond acceptors (Lipinski definition) is 1. The quantitative estimate of drug-likeness (QED) is 0.643. The second kappa shape index (κ2) is 5.62. The molecule has 0 bridgehead atoms. The van der Waals surface area contributed by atoms with Crippen molar-refractivity contribution in [1.29, 1.82) is 0 Å². The smallest absolute Gasteiger partial charge is 0.298 e. The van der Waals surface area contributed by atoms with E-state index in [-0.39, 0.29) is 0 Å². The summed E-state index contributed by atoms with van der Waals surface area (Å²) in [6, 6.07) is 0.396. The van der Waals surface area contributed by atoms with Gasteiger partial charge in [-0.05, 0) is 69.9 Å². The van der Waals surface area contributed by atoms with E-state index < -0.39 is 12.1 Å². The normalized spacial score (nSPS) is 38.4. The van der Waals surface area contributed by atoms with Crippen LogP contribution in [0.4, 0.5) is 13.2 Å². The zero-order valence-corrected chi connectivity index (χ0v) is 10.8. The molecule has 0 atom stereocenters. The summed E-state index contributed by atoms with van der Waals surface area (Å²) in [5.74, 6) is 0.117. The van der Waals surface area contributed by atoms with Gasteiger partial charge in [0.05, 0.1) is 5.92 Å². The molecule has 2 rings (SSSR count). The van der Waals surface area contributed by atoms with Crippen LogP contribution in [0.5, 0.6) is 0 Å². The van der Waals surface area contributed by atoms with Crippen LogP contribution >= 0.6 is 0 Å². The SMILES string of the molecule is C=NC1CCC(C2CCC(C(F)(F)F)CC2)CC1. The van der Waals surface area contributed by atoms with E-state index in [0.717, 1.165) is 38.5 Å². The maximum Gasteiger partial charge on any atom is 0.391 e. The van der Waals surface area contributed by atoms with Crippen LogP contribution in [0.3, 0.4) is 0 Å². The Hall–Kier alpha value is -0.540. The van der Waals surface area contributed by atoms with Gasteiger partial charge in [0.25, 0.3) is 0 Å². The first-order valence-electron chi connectivity index (χ1n) is 7.03. The van der Waals surface area contributed by atoms with Crippen LogP contribution in [0, 0.1) is 17.8 Å². The molecule has 18 heavy (non-hydrogen) atoms. The largest absolute Gasteiger partial charge is 0.391 e. The van der Waals surface area contributed by atoms with Crippen molar-refractivity contribution in [1.82, 2.24) is 0 Å². The lowest BCUT2D eigenvalue weighted by molar-refractivity contribution is -0.185. The first kappa shape index (κ1) is 13.9. The molecule has 0 aromatic carbocycles. The molecule has 0 aromatic rings. The van der Waals surface area contributed by atoms with Gasteiger partial charge in [0.1, 0.15) is 0 Å². The van der Waals surface area contributed by atoms with Crippen molar-refractivity contribution in [3.63, 3.8) is 0 Å². The minimum absolute atomic E-state index is 0.341. The lowest BCUT2D eigenvalue weighted by atomic mass is 9.70. The Morgan fingerprint density at radius 1 is 0.778 bits per heavy atom. The number of halogens is 3. The summed E-state index contributed by atoms with van der Waals surface area (Å²) >= 11 is 0. The van der Waals surface area contributed by atoms with Gasteiger partial charge in [0.2, 0.25) is 0 Å². The summed E-state index contributed by atoms with van der Waals surface area (Å²) < 4.78 is 37.8. The van der Waals surface area contributed by atoms with Crippen LogP contribution in [-0.2, 0) is 0 Å². The second-order valence-electron chi connectivity index (χ2n) is 5.90. The van der Waals surface area contributed by atoms with E-state index >= 15 is 0 Å². The van der Waals surface area contributed by atoms with E-state index in [2.05, 4.69) is 11.7 Å². The fourth-order valence-corrected chi connectivity index (χ4v) is 3.67. The third kappa shape index (κ3) is 3.27. The fraction of sp³-hybridized carbons (Fsp3) is 0.929. The van der Waals surface area contributed by atoms with E-state index in [1.807, 2.05) is 0 Å². The highest BCUT2D eigenvalue weighted by molar-refractivity contribution is 5.24. The summed E-state index contributed by atoms with van der Waals surface area (Å²) in [4.78, 5) is 4.07. The number of aliphatic imine (C=N–C) groups is 1. The van der Waals surface area contributed by atoms with Gasteiger partial charge in [-0.2, -0.15) is 13.2 Å². The first-order chi connectivity index (χ1) is 8.50. The fourth-order valence-electron chi connectivity index (χ4n) is 3.67. The van der Waals surface area contributed by atoms with Crippen molar-refractivity contribution in [2.75, 3.05) is 0 Å². The molecular weight excluding hydrogens is 239 g/mol. The van der Waals surface area contributed by atoms with Crippen LogP contribution in [0.1, 0.15) is 51.4 Å². The van der Waals surface area contributed by atoms with Crippen LogP contribution < -0.4 is 0 Å². The molecule has 104 valence electrons. The summed E-state index contributed by atoms with van der Waals surface area (Å²) in [6.07, 6.45) is 2.65. The minimum atomic E-state index is -3.98. The third-order valence-electron chi connectivity index (χ3n) is 4.90. The first-order valence-corrected chi connectivity index (χ1v) is 7.03. The third-order valence-corrected chi connectivity index (χ3v) is 4.90. The van der Waals surface area contributed by atoms with Gasteiger partial charge in [-0.1, -0.05) is 0 Å². The summed E-state index contributed by atoms with van der Waals surface area (Å²) in [5.41, 5.74) is 0. The Kier molecular flexibility index (Phi) is 4.33. The van der Waals surface area contributed by atoms with Gasteiger partial charge >= 0.3 is 6.18 Å². The average Bonchev–Trinajstić information content (AvgIpc) is 2.38. The van der Waals surface area contributed by atoms with E-state index in [4.69, 9.17) is 0 Å². The predicted molar refractivity (Wildman–Crippen MR) is 66.8 cm³/mol. The van der Waals surface area contributed by atoms with E-state index in [0.29, 0.717) is 30.7 Å². The Morgan fingerprint density at radius 3 is 1.61 bits per heavy atom. The molecule has 0 heterocycles. The lowest BCUT2D eigenvalue weighted by Gasteiger charge is -2.37. The van der Waals surface area contributed by atoms with Crippen molar-refractivity contribution in [2.45, 2.75) is 63.6 Å². The highest BCUT2D eigenvalue weighted by atomic mass is 19.4. The highest BCUT2D eigenvalue weighted by Gasteiger charge is 2.42. The molecule has 2 aliphatic rings. The number of alkyl halides is 3. The van der Waals surface area contributed by atoms with Crippen molar-refractivity contribution in [2.24, 2.45) is 22.7 Å². The molecule has 0 radical (unpaired) electrons. The Labute approximate surface area is 107 Å². The van der Waals surface area contributed by atoms with Crippen molar-refractivity contribution in [3.8, 4) is 0 Å². The maximum atomic E-state index is 12.6. The van der Waals surface area contributed by atoms with Gasteiger partial charge < -0.3 is 0 Å². The molecule has 2 fully saturated rings. The monoisotopic (exact) mass is 261 g/mol. The van der Waals surface area contributed by atoms with E-state index in [1.54, 1.807) is 0 Å². The van der Waals surface area contributed by atoms with Crippen molar-refractivity contribution in [3.05, 3.63) is 0 Å². The lowest BCUT2D eigenvalue weighted by Crippen LogP contribution is -2.31. The van der Waals surface area contributed by atoms with Gasteiger partial charge in [0, 0.05) is 6.04 Å². The second-order valence-corrected chi connectivity index (χ2v) is 5.90. The molecule has 1 nitrogen and oxygen atoms in total. The summed E-state index contributed by atoms with van der Waals surface area (Å²) in [7, 11) is 0. The topological polar surface area (TPSA) is 12.4 Å². The Bertz CT molecular complexity index is 271. The molecule has 0 unspecified atom stereocenters. The van der Waals surface area contributed by atoms with Crippen molar-refractivity contribution >= 4 is 6.72 Å². The zero-order chi connectivity index (χ0) is 13.2. The standard InChI is InChI=1S/C14H22F3N/c1-18-13-8-4-11(5-9-13)10-2-6-12(7-3-10)14(15,16)17/h10-13H,1-9H2. The molecule has 4 heteroatoms. The average molecular weight is 261 g/mol. The van der Waals surface area contributed by atoms with Crippen LogP contribution in [-0.4, -0.2) is 18.9 Å². The van der Waals surface area contributed by atoms with Gasteiger partial charge in [-0.3, -0.25) is 4.99 Å². The molecular formula is C14H22F3N. The van der Waals surface area contributed by atoms with E-state index in [1.165, 1.54) is 0 Å². The molecule has 0 aliphatic heterocycles. The summed E-state index contributed by atoms with van der Waals surface area (Å²) in [5, 5.41) is 0. The minimum Gasteiger partial charge on any atom is -0.298 e. The molecule has 0 N–H and O–H groups in total. The van der Waals surface area contributed by atoms with Gasteiger partial charge in [-0.15, -0.1) is 0 Å². The molecule has 0 aromatic heterocycles. The Balaban J connectivity index is 1.78. The number of rotatable bonds is 2. The van der Waals surface area contributed by atoms with Crippen LogP contribution in [0.2, 0.25) is 0 Å². The zero-order valence-electron chi connectivity index (χ0n) is 10.8. The Morgan fingerprint density at radius 2 is 1.22 bits per heavy atom. The molecule has 0 spiro atoms. The molecule has 0 saturated heterocycles. The van der Waals surface area contributed by atoms with Crippen LogP contribution in [0.15, 0.2) is 4.99 Å². The maximum absolute atomic E-state index is 12.6. The van der Waals surface area contributed by atoms with Gasteiger partial charge in [-0.25, -0.2) is 0 Å². The summed E-state index contributed by atoms with van der Waals surface area (Å²) in [6.45, 7) is 3.58. The van der Waals surface area contributed by atoms with E-state index in [9.17, 15) is 13.2 Å². The van der Waals surface area contributed by atoms with Crippen molar-refractivity contribution < 1.29 is 13.2 Å².